The Bertz CT molecular complexity index is 3850. The van der Waals surface area contributed by atoms with Crippen LogP contribution in [0.25, 0.3) is 11.2 Å². The molecule has 27 heteroatoms. The molecule has 5 aromatic carbocycles. The van der Waals surface area contributed by atoms with Crippen LogP contribution in [0.15, 0.2) is 162 Å². The van der Waals surface area contributed by atoms with Crippen LogP contribution in [0.3, 0.4) is 0 Å². The Balaban J connectivity index is 0.985. The number of H-pyrrole nitrogens is 1. The molecule has 0 bridgehead atoms. The molecule has 26 nitrogen and oxygen atoms in total. The van der Waals surface area contributed by atoms with Gasteiger partial charge in [0.15, 0.2) is 47.5 Å². The molecule has 2 aliphatic heterocycles. The van der Waals surface area contributed by atoms with E-state index in [0.29, 0.717) is 5.56 Å². The summed E-state index contributed by atoms with van der Waals surface area (Å²) in [6.07, 6.45) is -1.61. The number of benzene rings is 5. The highest BCUT2D eigenvalue weighted by molar-refractivity contribution is 7.53. The molecule has 452 valence electrons. The van der Waals surface area contributed by atoms with Crippen LogP contribution in [0.4, 0.5) is 11.8 Å². The molecule has 2 saturated heterocycles. The predicted molar refractivity (Wildman–Crippen MR) is 315 cm³/mol. The summed E-state index contributed by atoms with van der Waals surface area (Å²) in [6, 6.07) is 41.2. The highest BCUT2D eigenvalue weighted by Gasteiger charge is 2.48. The van der Waals surface area contributed by atoms with Gasteiger partial charge in [0.1, 0.15) is 18.5 Å². The molecule has 2 amide bonds. The first kappa shape index (κ1) is 60.7. The molecule has 8 aromatic rings. The maximum atomic E-state index is 16.1. The number of ether oxygens (including phenoxy) is 4. The molecule has 5 atom stereocenters. The molecule has 0 radical (unpaired) electrons. The second-order valence-corrected chi connectivity index (χ2v) is 23.6. The molecule has 0 saturated carbocycles. The first-order valence-corrected chi connectivity index (χ1v) is 29.1. The van der Waals surface area contributed by atoms with E-state index in [2.05, 4.69) is 35.5 Å². The molecular formula is C60H62N11O15P. The number of carbonyl (C=O) groups is 4. The first-order chi connectivity index (χ1) is 41.8. The Hall–Kier alpha value is -9.40. The lowest BCUT2D eigenvalue weighted by molar-refractivity contribution is -0.162. The second-order valence-electron chi connectivity index (χ2n) is 21.0. The lowest BCUT2D eigenvalue weighted by Crippen LogP contribution is -2.58. The van der Waals surface area contributed by atoms with Gasteiger partial charge in [0, 0.05) is 37.3 Å². The van der Waals surface area contributed by atoms with Crippen molar-refractivity contribution in [3.63, 3.8) is 0 Å². The monoisotopic (exact) mass is 1210 g/mol. The topological polar surface area (TPSA) is 324 Å². The third-order valence-corrected chi connectivity index (χ3v) is 17.1. The number of hydrogen-bond donors (Lipinski definition) is 6. The smallest absolute Gasteiger partial charge is 0.351 e. The van der Waals surface area contributed by atoms with Crippen molar-refractivity contribution in [2.45, 2.75) is 44.1 Å². The van der Waals surface area contributed by atoms with Crippen molar-refractivity contribution in [2.24, 2.45) is 5.92 Å². The van der Waals surface area contributed by atoms with Crippen molar-refractivity contribution in [1.82, 2.24) is 43.3 Å². The van der Waals surface area contributed by atoms with Crippen LogP contribution in [-0.2, 0) is 43.2 Å². The molecule has 0 spiro atoms. The summed E-state index contributed by atoms with van der Waals surface area (Å²) in [7, 11) is -1.21. The molecule has 5 unspecified atom stereocenters. The number of imidazole rings is 1. The minimum atomic E-state index is -4.30. The van der Waals surface area contributed by atoms with Crippen molar-refractivity contribution in [3.05, 3.63) is 201 Å². The lowest BCUT2D eigenvalue weighted by atomic mass is 9.75. The fourth-order valence-electron chi connectivity index (χ4n) is 10.4. The number of anilines is 2. The molecule has 6 N–H and O–H groups in total. The zero-order valence-corrected chi connectivity index (χ0v) is 48.4. The highest BCUT2D eigenvalue weighted by atomic mass is 31.2. The largest absolute Gasteiger partial charge is 0.504 e. The molecule has 2 aliphatic rings. The van der Waals surface area contributed by atoms with Crippen molar-refractivity contribution >= 4 is 54.4 Å². The number of amides is 2. The van der Waals surface area contributed by atoms with Crippen LogP contribution in [0.5, 0.6) is 17.2 Å². The van der Waals surface area contributed by atoms with Gasteiger partial charge in [-0.1, -0.05) is 123 Å². The maximum Gasteiger partial charge on any atom is 0.351 e. The molecule has 3 aromatic heterocycles. The van der Waals surface area contributed by atoms with E-state index in [4.69, 9.17) is 23.5 Å². The van der Waals surface area contributed by atoms with E-state index in [1.54, 1.807) is 58.3 Å². The summed E-state index contributed by atoms with van der Waals surface area (Å²) in [4.78, 5) is 97.6. The number of aromatic nitrogens is 6. The standard InChI is InChI=1S/C60H62N11O15P/c1-37(2)54(76)65-58-64-53-51(56(78)66-58)61-36-71(53)49-32-69(30-44(86-49)33-82-50(74)35-83-57(79)39-27-45(72)52(75)46(73)28-39)87(81,67(3)4)84-34-43-29-68(31-48(85-43)70-26-25-47(63-59(70)80)62-55(77)38-17-9-5-10-18-38)60(40-19-11-6-12-20-40,41-21-13-7-14-22-41)42-23-15-8-16-24-42/h5-28,36-37,43-44,48-49,72-73,75H,29-35H2,1-4H3,(H,62,63,77,80)(H2,64,65,66,76,78). The van der Waals surface area contributed by atoms with Crippen LogP contribution in [0, 0.1) is 5.92 Å². The molecule has 5 heterocycles. The predicted octanol–water partition coefficient (Wildman–Crippen LogP) is 5.82. The number of hydrogen-bond acceptors (Lipinski definition) is 19. The van der Waals surface area contributed by atoms with E-state index in [-0.39, 0.29) is 61.3 Å². The van der Waals surface area contributed by atoms with Gasteiger partial charge < -0.3 is 44.1 Å². The third kappa shape index (κ3) is 13.1. The van der Waals surface area contributed by atoms with Crippen LogP contribution < -0.4 is 21.9 Å². The van der Waals surface area contributed by atoms with Crippen molar-refractivity contribution in [3.8, 4) is 17.2 Å². The minimum absolute atomic E-state index is 0.0103. The summed E-state index contributed by atoms with van der Waals surface area (Å²) < 4.78 is 52.4. The molecular weight excluding hydrogens is 1150 g/mol. The number of nitrogens with zero attached hydrogens (tertiary/aromatic N) is 8. The van der Waals surface area contributed by atoms with E-state index in [0.717, 1.165) is 28.8 Å². The number of phenolic OH excluding ortho intramolecular Hbond substituents is 3. The van der Waals surface area contributed by atoms with E-state index in [1.807, 2.05) is 91.0 Å². The fraction of sp³-hybridized carbons (Fsp3) is 0.283. The van der Waals surface area contributed by atoms with Crippen LogP contribution in [0.2, 0.25) is 0 Å². The van der Waals surface area contributed by atoms with E-state index in [9.17, 15) is 44.1 Å². The Morgan fingerprint density at radius 1 is 0.724 bits per heavy atom. The number of esters is 2. The average molecular weight is 1210 g/mol. The lowest BCUT2D eigenvalue weighted by Gasteiger charge is -2.51. The third-order valence-electron chi connectivity index (χ3n) is 14.6. The number of aromatic amines is 1. The van der Waals surface area contributed by atoms with Crippen molar-refractivity contribution in [2.75, 3.05) is 70.7 Å². The van der Waals surface area contributed by atoms with Crippen molar-refractivity contribution < 1.29 is 62.5 Å². The maximum absolute atomic E-state index is 16.1. The van der Waals surface area contributed by atoms with Crippen LogP contribution in [-0.4, -0.2) is 155 Å². The SMILES string of the molecule is CC(C)C(=O)Nc1nc2c(ncn2C2CN(P(=O)(OCC3CN(C(c4ccccc4)(c4ccccc4)c4ccccc4)CC(n4ccc(NC(=O)c5ccccc5)nc4=O)O3)N(C)C)CC(COC(=O)COC(=O)c3cc(O)c(O)c(O)c3)O2)c(=O)[nH]1. The number of rotatable bonds is 20. The number of morpholine rings is 2. The van der Waals surface area contributed by atoms with Gasteiger partial charge in [-0.25, -0.2) is 28.7 Å². The Kier molecular flexibility index (Phi) is 18.2. The average Bonchev–Trinajstić information content (AvgIpc) is 1.41. The molecule has 0 aliphatic carbocycles. The van der Waals surface area contributed by atoms with Gasteiger partial charge in [0.2, 0.25) is 11.9 Å². The summed E-state index contributed by atoms with van der Waals surface area (Å²) >= 11 is 0. The normalized spacial score (nSPS) is 18.2. The molecule has 2 fully saturated rings. The number of nitrogens with one attached hydrogen (secondary N) is 3. The van der Waals surface area contributed by atoms with Crippen LogP contribution >= 0.6 is 7.67 Å². The van der Waals surface area contributed by atoms with Crippen LogP contribution in [0.1, 0.15) is 63.7 Å². The van der Waals surface area contributed by atoms with E-state index in [1.165, 1.54) is 37.1 Å². The van der Waals surface area contributed by atoms with Gasteiger partial charge in [-0.05, 0) is 61.1 Å². The minimum Gasteiger partial charge on any atom is -0.504 e. The zero-order valence-electron chi connectivity index (χ0n) is 47.5. The number of carbonyl (C=O) groups excluding carboxylic acids is 4. The van der Waals surface area contributed by atoms with Gasteiger partial charge in [-0.15, -0.1) is 0 Å². The van der Waals surface area contributed by atoms with Gasteiger partial charge in [0.25, 0.3) is 11.5 Å². The van der Waals surface area contributed by atoms with Gasteiger partial charge >= 0.3 is 25.3 Å². The highest BCUT2D eigenvalue weighted by Crippen LogP contribution is 2.55. The summed E-state index contributed by atoms with van der Waals surface area (Å²) in [5.41, 5.74) is -0.0285. The first-order valence-electron chi connectivity index (χ1n) is 27.5. The van der Waals surface area contributed by atoms with Gasteiger partial charge in [0.05, 0.1) is 36.7 Å². The summed E-state index contributed by atoms with van der Waals surface area (Å²) in [6.45, 7) is 1.23. The fourth-order valence-corrected chi connectivity index (χ4v) is 12.4. The molecule has 10 rings (SSSR count). The summed E-state index contributed by atoms with van der Waals surface area (Å²) in [5, 5.41) is 34.9. The van der Waals surface area contributed by atoms with Crippen molar-refractivity contribution in [1.29, 1.82) is 0 Å². The Morgan fingerprint density at radius 2 is 1.30 bits per heavy atom. The Morgan fingerprint density at radius 3 is 1.87 bits per heavy atom. The molecule has 87 heavy (non-hydrogen) atoms. The van der Waals surface area contributed by atoms with E-state index < -0.39 is 109 Å². The number of aromatic hydroxyl groups is 3. The van der Waals surface area contributed by atoms with Gasteiger partial charge in [-0.3, -0.25) is 43.3 Å². The zero-order chi connectivity index (χ0) is 61.6. The number of phenols is 3. The van der Waals surface area contributed by atoms with Gasteiger partial charge in [-0.2, -0.15) is 9.97 Å². The second kappa shape index (κ2) is 26.1. The number of fused-ring (bicyclic) bond motifs is 1. The quantitative estimate of drug-likeness (QED) is 0.0227. The Labute approximate surface area is 497 Å². The van der Waals surface area contributed by atoms with E-state index >= 15 is 4.57 Å². The summed E-state index contributed by atoms with van der Waals surface area (Å²) in [5.74, 6) is -6.24.